The molecule has 6 nitrogen and oxygen atoms in total. The predicted octanol–water partition coefficient (Wildman–Crippen LogP) is -0.889. The van der Waals surface area contributed by atoms with Crippen molar-refractivity contribution in [1.82, 2.24) is 16.0 Å². The van der Waals surface area contributed by atoms with Gasteiger partial charge in [0, 0.05) is 12.5 Å². The van der Waals surface area contributed by atoms with Gasteiger partial charge in [-0.1, -0.05) is 0 Å². The smallest absolute Gasteiger partial charge is 0.322 e. The van der Waals surface area contributed by atoms with Gasteiger partial charge in [0.1, 0.15) is 6.04 Å². The second kappa shape index (κ2) is 3.88. The summed E-state index contributed by atoms with van der Waals surface area (Å²) in [5, 5.41) is 7.35. The zero-order chi connectivity index (χ0) is 10.8. The third kappa shape index (κ3) is 2.45. The highest BCUT2D eigenvalue weighted by atomic mass is 16.2. The Kier molecular flexibility index (Phi) is 2.57. The molecule has 2 fully saturated rings. The van der Waals surface area contributed by atoms with Gasteiger partial charge in [0.2, 0.25) is 5.91 Å². The third-order valence-electron chi connectivity index (χ3n) is 2.54. The van der Waals surface area contributed by atoms with Crippen LogP contribution in [-0.4, -0.2) is 30.4 Å². The van der Waals surface area contributed by atoms with E-state index in [1.807, 2.05) is 0 Å². The van der Waals surface area contributed by atoms with Crippen molar-refractivity contribution in [1.29, 1.82) is 0 Å². The van der Waals surface area contributed by atoms with Gasteiger partial charge < -0.3 is 10.6 Å². The fraction of sp³-hybridized carbons (Fsp3) is 0.667. The van der Waals surface area contributed by atoms with E-state index in [9.17, 15) is 14.4 Å². The normalized spacial score (nSPS) is 24.7. The van der Waals surface area contributed by atoms with Crippen molar-refractivity contribution in [2.75, 3.05) is 6.54 Å². The van der Waals surface area contributed by atoms with E-state index in [1.54, 1.807) is 0 Å². The van der Waals surface area contributed by atoms with Crippen molar-refractivity contribution in [3.8, 4) is 0 Å². The van der Waals surface area contributed by atoms with E-state index in [0.29, 0.717) is 13.0 Å². The zero-order valence-electron chi connectivity index (χ0n) is 8.21. The lowest BCUT2D eigenvalue weighted by Crippen LogP contribution is -2.35. The number of nitrogens with one attached hydrogen (secondary N) is 3. The third-order valence-corrected chi connectivity index (χ3v) is 2.54. The van der Waals surface area contributed by atoms with E-state index >= 15 is 0 Å². The van der Waals surface area contributed by atoms with E-state index in [2.05, 4.69) is 16.0 Å². The summed E-state index contributed by atoms with van der Waals surface area (Å²) in [4.78, 5) is 33.1. The van der Waals surface area contributed by atoms with Crippen molar-refractivity contribution in [2.45, 2.75) is 25.3 Å². The van der Waals surface area contributed by atoms with E-state index in [4.69, 9.17) is 0 Å². The summed E-state index contributed by atoms with van der Waals surface area (Å²) < 4.78 is 0. The molecule has 0 spiro atoms. The largest absolute Gasteiger partial charge is 0.356 e. The molecular weight excluding hydrogens is 198 g/mol. The summed E-state index contributed by atoms with van der Waals surface area (Å²) in [6, 6.07) is -0.962. The highest BCUT2D eigenvalue weighted by Crippen LogP contribution is 2.28. The molecule has 0 radical (unpaired) electrons. The molecule has 0 aromatic rings. The predicted molar refractivity (Wildman–Crippen MR) is 50.8 cm³/mol. The monoisotopic (exact) mass is 211 g/mol. The molecule has 1 atom stereocenters. The molecule has 3 N–H and O–H groups in total. The van der Waals surface area contributed by atoms with Crippen molar-refractivity contribution < 1.29 is 14.4 Å². The fourth-order valence-corrected chi connectivity index (χ4v) is 1.49. The molecule has 82 valence electrons. The molecule has 1 aliphatic heterocycles. The summed E-state index contributed by atoms with van der Waals surface area (Å²) in [5.41, 5.74) is 0. The first kappa shape index (κ1) is 9.95. The Bertz CT molecular complexity index is 312. The van der Waals surface area contributed by atoms with Crippen LogP contribution in [0.25, 0.3) is 0 Å². The van der Waals surface area contributed by atoms with Gasteiger partial charge in [-0.3, -0.25) is 14.9 Å². The van der Waals surface area contributed by atoms with Gasteiger partial charge in [0.05, 0.1) is 0 Å². The minimum Gasteiger partial charge on any atom is -0.356 e. The average molecular weight is 211 g/mol. The fourth-order valence-electron chi connectivity index (χ4n) is 1.49. The molecule has 15 heavy (non-hydrogen) atoms. The van der Waals surface area contributed by atoms with Crippen LogP contribution in [0.1, 0.15) is 19.3 Å². The summed E-state index contributed by atoms with van der Waals surface area (Å²) in [6.07, 6.45) is 2.37. The van der Waals surface area contributed by atoms with Crippen molar-refractivity contribution in [3.63, 3.8) is 0 Å². The Morgan fingerprint density at radius 2 is 2.13 bits per heavy atom. The van der Waals surface area contributed by atoms with Crippen LogP contribution in [0.15, 0.2) is 0 Å². The minimum atomic E-state index is -0.503. The maximum atomic E-state index is 11.2. The maximum Gasteiger partial charge on any atom is 0.322 e. The van der Waals surface area contributed by atoms with E-state index in [1.165, 1.54) is 0 Å². The summed E-state index contributed by atoms with van der Waals surface area (Å²) >= 11 is 0. The number of carbonyl (C=O) groups excluding carboxylic acids is 3. The number of hydrogen-bond donors (Lipinski definition) is 3. The molecule has 0 bridgehead atoms. The second-order valence-corrected chi connectivity index (χ2v) is 3.87. The summed E-state index contributed by atoms with van der Waals surface area (Å²) in [6.45, 7) is 0.424. The summed E-state index contributed by atoms with van der Waals surface area (Å²) in [7, 11) is 0. The van der Waals surface area contributed by atoms with E-state index < -0.39 is 12.1 Å². The van der Waals surface area contributed by atoms with Crippen LogP contribution in [-0.2, 0) is 9.59 Å². The van der Waals surface area contributed by atoms with Crippen LogP contribution in [0.2, 0.25) is 0 Å². The quantitative estimate of drug-likeness (QED) is 0.527. The lowest BCUT2D eigenvalue weighted by atomic mass is 10.2. The number of urea groups is 1. The van der Waals surface area contributed by atoms with Crippen LogP contribution in [0.4, 0.5) is 4.79 Å². The first-order chi connectivity index (χ1) is 7.16. The number of carbonyl (C=O) groups is 3. The number of rotatable bonds is 4. The Morgan fingerprint density at radius 1 is 1.40 bits per heavy atom. The molecule has 1 saturated carbocycles. The molecular formula is C9H13N3O3. The average Bonchev–Trinajstić information content (AvgIpc) is 2.94. The molecule has 2 rings (SSSR count). The van der Waals surface area contributed by atoms with Gasteiger partial charge in [-0.15, -0.1) is 0 Å². The summed E-state index contributed by atoms with van der Waals surface area (Å²) in [5.74, 6) is -0.0857. The number of imide groups is 1. The van der Waals surface area contributed by atoms with Gasteiger partial charge in [0.15, 0.2) is 0 Å². The SMILES string of the molecule is O=C1NC(=O)C(CCNC(=O)C2CC2)N1. The molecule has 0 aromatic carbocycles. The van der Waals surface area contributed by atoms with Crippen molar-refractivity contribution >= 4 is 17.8 Å². The van der Waals surface area contributed by atoms with E-state index in [0.717, 1.165) is 12.8 Å². The number of amides is 4. The molecule has 4 amide bonds. The Morgan fingerprint density at radius 3 is 2.67 bits per heavy atom. The molecule has 1 heterocycles. The molecule has 1 aliphatic carbocycles. The van der Waals surface area contributed by atoms with Gasteiger partial charge in [0.25, 0.3) is 5.91 Å². The standard InChI is InChI=1S/C9H13N3O3/c13-7(5-1-2-5)10-4-3-6-8(14)12-9(15)11-6/h5-6H,1-4H2,(H,10,13)(H2,11,12,14,15). The van der Waals surface area contributed by atoms with Crippen LogP contribution < -0.4 is 16.0 Å². The van der Waals surface area contributed by atoms with Crippen LogP contribution >= 0.6 is 0 Å². The number of hydrogen-bond acceptors (Lipinski definition) is 3. The maximum absolute atomic E-state index is 11.2. The Hall–Kier alpha value is -1.59. The van der Waals surface area contributed by atoms with Crippen molar-refractivity contribution in [2.24, 2.45) is 5.92 Å². The zero-order valence-corrected chi connectivity index (χ0v) is 8.21. The van der Waals surface area contributed by atoms with Gasteiger partial charge in [-0.05, 0) is 19.3 Å². The molecule has 0 aromatic heterocycles. The first-order valence-electron chi connectivity index (χ1n) is 5.06. The second-order valence-electron chi connectivity index (χ2n) is 3.87. The van der Waals surface area contributed by atoms with Crippen molar-refractivity contribution in [3.05, 3.63) is 0 Å². The van der Waals surface area contributed by atoms with Crippen LogP contribution in [0.3, 0.4) is 0 Å². The van der Waals surface area contributed by atoms with Gasteiger partial charge >= 0.3 is 6.03 Å². The molecule has 6 heteroatoms. The van der Waals surface area contributed by atoms with Crippen LogP contribution in [0.5, 0.6) is 0 Å². The topological polar surface area (TPSA) is 87.3 Å². The Balaban J connectivity index is 1.67. The highest BCUT2D eigenvalue weighted by molar-refractivity contribution is 6.04. The highest BCUT2D eigenvalue weighted by Gasteiger charge is 2.31. The van der Waals surface area contributed by atoms with Crippen LogP contribution in [0, 0.1) is 5.92 Å². The minimum absolute atomic E-state index is 0.0553. The van der Waals surface area contributed by atoms with Gasteiger partial charge in [-0.25, -0.2) is 4.79 Å². The molecule has 2 aliphatic rings. The molecule has 1 unspecified atom stereocenters. The van der Waals surface area contributed by atoms with E-state index in [-0.39, 0.29) is 17.7 Å². The lowest BCUT2D eigenvalue weighted by molar-refractivity contribution is -0.123. The Labute approximate surface area is 86.8 Å². The first-order valence-corrected chi connectivity index (χ1v) is 5.06. The molecule has 1 saturated heterocycles. The lowest BCUT2D eigenvalue weighted by Gasteiger charge is -2.07. The van der Waals surface area contributed by atoms with Gasteiger partial charge in [-0.2, -0.15) is 0 Å².